The Bertz CT molecular complexity index is 3490. The van der Waals surface area contributed by atoms with Gasteiger partial charge < -0.3 is 9.15 Å². The van der Waals surface area contributed by atoms with Gasteiger partial charge in [0.2, 0.25) is 0 Å². The second-order valence-electron chi connectivity index (χ2n) is 15.4. The Balaban J connectivity index is 1.12. The van der Waals surface area contributed by atoms with Gasteiger partial charge in [-0.1, -0.05) is 127 Å². The molecule has 0 spiro atoms. The van der Waals surface area contributed by atoms with E-state index in [1.165, 1.54) is 0 Å². The highest BCUT2D eigenvalue weighted by molar-refractivity contribution is 6.08. The van der Waals surface area contributed by atoms with Gasteiger partial charge in [-0.3, -0.25) is 9.97 Å². The van der Waals surface area contributed by atoms with Gasteiger partial charge in [0.25, 0.3) is 0 Å². The summed E-state index contributed by atoms with van der Waals surface area (Å²) in [5.74, 6) is 2.11. The molecule has 12 rings (SSSR count). The fourth-order valence-electron chi connectivity index (χ4n) is 8.70. The molecule has 0 saturated heterocycles. The maximum atomic E-state index is 7.18. The number of ether oxygens (including phenoxy) is 1. The van der Waals surface area contributed by atoms with Crippen molar-refractivity contribution in [3.05, 3.63) is 207 Å². The van der Waals surface area contributed by atoms with Gasteiger partial charge in [0, 0.05) is 62.7 Å². The second kappa shape index (κ2) is 14.7. The van der Waals surface area contributed by atoms with Gasteiger partial charge >= 0.3 is 0 Å². The van der Waals surface area contributed by atoms with Gasteiger partial charge in [-0.25, -0.2) is 9.97 Å². The molecule has 4 aromatic heterocycles. The lowest BCUT2D eigenvalue weighted by Gasteiger charge is -2.18. The van der Waals surface area contributed by atoms with Crippen molar-refractivity contribution >= 4 is 21.9 Å². The lowest BCUT2D eigenvalue weighted by Crippen LogP contribution is -1.97. The first-order valence-corrected chi connectivity index (χ1v) is 20.6. The first-order chi connectivity index (χ1) is 30.7. The largest absolute Gasteiger partial charge is 0.456 e. The van der Waals surface area contributed by atoms with Crippen molar-refractivity contribution in [3.8, 4) is 101 Å². The topological polar surface area (TPSA) is 73.9 Å². The molecule has 0 atom stereocenters. The van der Waals surface area contributed by atoms with Crippen molar-refractivity contribution in [2.75, 3.05) is 0 Å². The van der Waals surface area contributed by atoms with Crippen LogP contribution in [0.4, 0.5) is 0 Å². The van der Waals surface area contributed by atoms with Crippen molar-refractivity contribution in [3.63, 3.8) is 0 Å². The zero-order chi connectivity index (χ0) is 41.0. The Morgan fingerprint density at radius 1 is 0.339 bits per heavy atom. The highest BCUT2D eigenvalue weighted by atomic mass is 16.5. The molecule has 62 heavy (non-hydrogen) atoms. The van der Waals surface area contributed by atoms with Gasteiger partial charge in [0.1, 0.15) is 22.7 Å². The van der Waals surface area contributed by atoms with E-state index in [2.05, 4.69) is 120 Å². The number of pyridine rings is 2. The average molecular weight is 795 g/mol. The Hall–Kier alpha value is -8.48. The van der Waals surface area contributed by atoms with E-state index < -0.39 is 0 Å². The molecule has 5 heterocycles. The van der Waals surface area contributed by atoms with Crippen molar-refractivity contribution in [2.45, 2.75) is 0 Å². The van der Waals surface area contributed by atoms with Crippen molar-refractivity contribution in [2.24, 2.45) is 0 Å². The molecular formula is C56H34N4O2. The van der Waals surface area contributed by atoms with Crippen LogP contribution in [0.2, 0.25) is 0 Å². The molecule has 0 radical (unpaired) electrons. The third-order valence-corrected chi connectivity index (χ3v) is 11.7. The Labute approximate surface area is 357 Å². The predicted octanol–water partition coefficient (Wildman–Crippen LogP) is 14.6. The van der Waals surface area contributed by atoms with Crippen LogP contribution in [0, 0.1) is 0 Å². The number of rotatable bonds is 4. The molecule has 1 aliphatic heterocycles. The van der Waals surface area contributed by atoms with Crippen LogP contribution in [0.5, 0.6) is 11.5 Å². The fourth-order valence-corrected chi connectivity index (χ4v) is 8.70. The number of fused-ring (bicyclic) bond motifs is 12. The van der Waals surface area contributed by atoms with Crippen molar-refractivity contribution < 1.29 is 9.15 Å². The molecule has 0 unspecified atom stereocenters. The summed E-state index contributed by atoms with van der Waals surface area (Å²) in [6, 6.07) is 64.8. The molecule has 7 aromatic carbocycles. The zero-order valence-corrected chi connectivity index (χ0v) is 33.2. The highest BCUT2D eigenvalue weighted by Crippen LogP contribution is 2.50. The lowest BCUT2D eigenvalue weighted by atomic mass is 9.85. The number of aromatic nitrogens is 4. The summed E-state index contributed by atoms with van der Waals surface area (Å²) >= 11 is 0. The van der Waals surface area contributed by atoms with E-state index in [9.17, 15) is 0 Å². The van der Waals surface area contributed by atoms with Crippen LogP contribution in [0.3, 0.4) is 0 Å². The predicted molar refractivity (Wildman–Crippen MR) is 248 cm³/mol. The quantitative estimate of drug-likeness (QED) is 0.177. The van der Waals surface area contributed by atoms with Crippen LogP contribution >= 0.6 is 0 Å². The summed E-state index contributed by atoms with van der Waals surface area (Å²) in [7, 11) is 0. The van der Waals surface area contributed by atoms with E-state index in [1.807, 2.05) is 85.2 Å². The van der Waals surface area contributed by atoms with Crippen LogP contribution < -0.4 is 4.74 Å². The maximum Gasteiger partial charge on any atom is 0.160 e. The van der Waals surface area contributed by atoms with E-state index in [4.69, 9.17) is 24.1 Å². The number of furan rings is 1. The summed E-state index contributed by atoms with van der Waals surface area (Å²) in [5.41, 5.74) is 16.0. The lowest BCUT2D eigenvalue weighted by molar-refractivity contribution is 0.487. The van der Waals surface area contributed by atoms with Crippen LogP contribution in [-0.2, 0) is 0 Å². The van der Waals surface area contributed by atoms with Crippen molar-refractivity contribution in [1.29, 1.82) is 0 Å². The van der Waals surface area contributed by atoms with E-state index in [-0.39, 0.29) is 0 Å². The van der Waals surface area contributed by atoms with Gasteiger partial charge in [-0.2, -0.15) is 0 Å². The molecule has 6 heteroatoms. The third kappa shape index (κ3) is 6.13. The number of hydrogen-bond acceptors (Lipinski definition) is 6. The van der Waals surface area contributed by atoms with Gasteiger partial charge in [-0.05, 0) is 94.0 Å². The molecule has 1 aliphatic rings. The van der Waals surface area contributed by atoms with Crippen LogP contribution in [0.15, 0.2) is 211 Å². The normalized spacial score (nSPS) is 11.7. The van der Waals surface area contributed by atoms with Crippen LogP contribution in [0.25, 0.3) is 112 Å². The van der Waals surface area contributed by atoms with Gasteiger partial charge in [0.15, 0.2) is 5.82 Å². The molecule has 0 aliphatic carbocycles. The molecule has 11 aromatic rings. The monoisotopic (exact) mass is 794 g/mol. The maximum absolute atomic E-state index is 7.18. The Morgan fingerprint density at radius 3 is 1.71 bits per heavy atom. The number of benzene rings is 7. The third-order valence-electron chi connectivity index (χ3n) is 11.7. The first kappa shape index (κ1) is 35.5. The molecule has 0 bridgehead atoms. The number of nitrogens with zero attached hydrogens (tertiary/aromatic N) is 4. The Morgan fingerprint density at radius 2 is 0.968 bits per heavy atom. The molecule has 0 fully saturated rings. The van der Waals surface area contributed by atoms with E-state index >= 15 is 0 Å². The smallest absolute Gasteiger partial charge is 0.160 e. The molecular weight excluding hydrogens is 761 g/mol. The standard InChI is InChI=1S/C56H34N4O2/c1-2-13-35(14-3-1)56-59-50(32-51(60-56)38-25-27-49(58-34-38)37-15-12-28-57-33-37)36-24-26-43-41-18-5-4-16-39(41)40-17-6-7-19-42(40)44-20-8-10-22-52(44)61-55-30-47-45-21-9-11-23-53(45)62-54(47)31-48(55)46(43)29-36/h1-34H. The summed E-state index contributed by atoms with van der Waals surface area (Å²) in [6.07, 6.45) is 5.46. The minimum absolute atomic E-state index is 0.622. The summed E-state index contributed by atoms with van der Waals surface area (Å²) in [4.78, 5) is 19.5. The summed E-state index contributed by atoms with van der Waals surface area (Å²) in [5, 5.41) is 2.02. The molecule has 0 saturated carbocycles. The molecule has 6 nitrogen and oxygen atoms in total. The van der Waals surface area contributed by atoms with Crippen LogP contribution in [0.1, 0.15) is 0 Å². The van der Waals surface area contributed by atoms with Gasteiger partial charge in [0.05, 0.1) is 17.1 Å². The number of para-hydroxylation sites is 2. The molecule has 0 N–H and O–H groups in total. The SMILES string of the molecule is c1ccc(-c2nc(-c3ccc(-c4cccnc4)nc3)cc(-c3ccc4c(c3)-c3cc5oc6ccccc6c5cc3Oc3ccccc3-c3ccccc3-c3ccccc3-4)n2)cc1. The number of hydrogen-bond donors (Lipinski definition) is 0. The van der Waals surface area contributed by atoms with Gasteiger partial charge in [-0.15, -0.1) is 0 Å². The van der Waals surface area contributed by atoms with E-state index in [0.717, 1.165) is 117 Å². The van der Waals surface area contributed by atoms with E-state index in [0.29, 0.717) is 5.82 Å². The first-order valence-electron chi connectivity index (χ1n) is 20.6. The minimum Gasteiger partial charge on any atom is -0.456 e. The fraction of sp³-hybridized carbons (Fsp3) is 0. The average Bonchev–Trinajstić information content (AvgIpc) is 3.71. The minimum atomic E-state index is 0.622. The summed E-state index contributed by atoms with van der Waals surface area (Å²) in [6.45, 7) is 0. The molecule has 290 valence electrons. The Kier molecular flexibility index (Phi) is 8.38. The molecule has 0 amide bonds. The zero-order valence-electron chi connectivity index (χ0n) is 33.2. The summed E-state index contributed by atoms with van der Waals surface area (Å²) < 4.78 is 13.7. The second-order valence-corrected chi connectivity index (χ2v) is 15.4. The highest BCUT2D eigenvalue weighted by Gasteiger charge is 2.24. The van der Waals surface area contributed by atoms with Crippen molar-refractivity contribution in [1.82, 2.24) is 19.9 Å². The van der Waals surface area contributed by atoms with Crippen LogP contribution in [-0.4, -0.2) is 19.9 Å². The van der Waals surface area contributed by atoms with E-state index in [1.54, 1.807) is 6.20 Å².